The van der Waals surface area contributed by atoms with Crippen LogP contribution in [0.15, 0.2) is 54.6 Å². The number of ether oxygens (including phenoxy) is 1. The lowest BCUT2D eigenvalue weighted by Gasteiger charge is -2.23. The molecule has 1 aliphatic rings. The molecule has 0 spiro atoms. The molecule has 4 nitrogen and oxygen atoms in total. The molecule has 1 saturated heterocycles. The summed E-state index contributed by atoms with van der Waals surface area (Å²) in [4.78, 5) is 24.9. The quantitative estimate of drug-likeness (QED) is 0.827. The van der Waals surface area contributed by atoms with Crippen molar-refractivity contribution in [2.45, 2.75) is 11.3 Å². The van der Waals surface area contributed by atoms with E-state index >= 15 is 0 Å². The minimum atomic E-state index is -0.441. The van der Waals surface area contributed by atoms with Gasteiger partial charge in [-0.2, -0.15) is 0 Å². The zero-order chi connectivity index (χ0) is 17.8. The van der Waals surface area contributed by atoms with E-state index in [1.54, 1.807) is 36.0 Å². The molecule has 1 heterocycles. The number of amides is 1. The van der Waals surface area contributed by atoms with E-state index in [4.69, 9.17) is 16.3 Å². The van der Waals surface area contributed by atoms with Crippen molar-refractivity contribution in [3.05, 3.63) is 70.7 Å². The SMILES string of the molecule is COC(=O)C1C(NC(=O)c2ccccc2Cl)SCC1c1ccccc1. The molecule has 1 N–H and O–H groups in total. The van der Waals surface area contributed by atoms with Gasteiger partial charge >= 0.3 is 5.97 Å². The molecule has 25 heavy (non-hydrogen) atoms. The molecule has 0 saturated carbocycles. The van der Waals surface area contributed by atoms with Crippen LogP contribution in [0.1, 0.15) is 21.8 Å². The predicted octanol–water partition coefficient (Wildman–Crippen LogP) is 3.72. The highest BCUT2D eigenvalue weighted by Crippen LogP contribution is 2.42. The largest absolute Gasteiger partial charge is 0.469 e. The van der Waals surface area contributed by atoms with Gasteiger partial charge in [-0.1, -0.05) is 54.1 Å². The molecule has 3 atom stereocenters. The molecule has 130 valence electrons. The molecule has 0 radical (unpaired) electrons. The van der Waals surface area contributed by atoms with Gasteiger partial charge in [0.15, 0.2) is 0 Å². The maximum Gasteiger partial charge on any atom is 0.312 e. The van der Waals surface area contributed by atoms with E-state index in [9.17, 15) is 9.59 Å². The average molecular weight is 376 g/mol. The number of rotatable bonds is 4. The van der Waals surface area contributed by atoms with Crippen LogP contribution in [0.5, 0.6) is 0 Å². The van der Waals surface area contributed by atoms with E-state index in [2.05, 4.69) is 5.32 Å². The Morgan fingerprint density at radius 1 is 1.12 bits per heavy atom. The first-order valence-corrected chi connectivity index (χ1v) is 9.34. The molecule has 2 aromatic rings. The van der Waals surface area contributed by atoms with Crippen LogP contribution in [-0.4, -0.2) is 30.1 Å². The highest BCUT2D eigenvalue weighted by Gasteiger charge is 2.44. The maximum absolute atomic E-state index is 12.6. The number of hydrogen-bond acceptors (Lipinski definition) is 4. The molecule has 0 aliphatic carbocycles. The smallest absolute Gasteiger partial charge is 0.312 e. The molecule has 1 amide bonds. The van der Waals surface area contributed by atoms with Crippen LogP contribution in [0.2, 0.25) is 5.02 Å². The van der Waals surface area contributed by atoms with Crippen LogP contribution in [0.4, 0.5) is 0 Å². The third kappa shape index (κ3) is 3.83. The van der Waals surface area contributed by atoms with Crippen LogP contribution >= 0.6 is 23.4 Å². The van der Waals surface area contributed by atoms with Crippen LogP contribution in [0, 0.1) is 5.92 Å². The van der Waals surface area contributed by atoms with Gasteiger partial charge in [-0.05, 0) is 17.7 Å². The van der Waals surface area contributed by atoms with E-state index in [0.29, 0.717) is 10.6 Å². The van der Waals surface area contributed by atoms with E-state index in [0.717, 1.165) is 11.3 Å². The normalized spacial score (nSPS) is 22.4. The number of carbonyl (C=O) groups is 2. The second kappa shape index (κ2) is 7.93. The van der Waals surface area contributed by atoms with Crippen LogP contribution in [0.25, 0.3) is 0 Å². The molecule has 3 rings (SSSR count). The summed E-state index contributed by atoms with van der Waals surface area (Å²) in [7, 11) is 1.38. The van der Waals surface area contributed by atoms with Crippen molar-refractivity contribution < 1.29 is 14.3 Å². The minimum absolute atomic E-state index is 0.00445. The number of hydrogen-bond donors (Lipinski definition) is 1. The number of halogens is 1. The summed E-state index contributed by atoms with van der Waals surface area (Å²) in [5, 5.41) is 2.97. The van der Waals surface area contributed by atoms with Gasteiger partial charge in [0.2, 0.25) is 0 Å². The molecule has 2 aromatic carbocycles. The first kappa shape index (κ1) is 17.8. The number of nitrogens with one attached hydrogen (secondary N) is 1. The van der Waals surface area contributed by atoms with Gasteiger partial charge in [-0.3, -0.25) is 9.59 Å². The lowest BCUT2D eigenvalue weighted by molar-refractivity contribution is -0.145. The zero-order valence-electron chi connectivity index (χ0n) is 13.6. The van der Waals surface area contributed by atoms with Gasteiger partial charge in [0, 0.05) is 11.7 Å². The summed E-state index contributed by atoms with van der Waals surface area (Å²) in [6.07, 6.45) is 0. The Morgan fingerprint density at radius 3 is 2.48 bits per heavy atom. The molecular formula is C19H18ClNO3S. The van der Waals surface area contributed by atoms with Gasteiger partial charge in [-0.15, -0.1) is 11.8 Å². The third-order valence-electron chi connectivity index (χ3n) is 4.31. The van der Waals surface area contributed by atoms with Crippen molar-refractivity contribution in [2.24, 2.45) is 5.92 Å². The molecule has 3 unspecified atom stereocenters. The Morgan fingerprint density at radius 2 is 1.80 bits per heavy atom. The lowest BCUT2D eigenvalue weighted by atomic mass is 9.87. The van der Waals surface area contributed by atoms with Gasteiger partial charge < -0.3 is 10.1 Å². The molecule has 1 fully saturated rings. The van der Waals surface area contributed by atoms with Gasteiger partial charge in [0.1, 0.15) is 0 Å². The molecule has 0 aromatic heterocycles. The standard InChI is InChI=1S/C19H18ClNO3S/c1-24-19(23)16-14(12-7-3-2-4-8-12)11-25-18(16)21-17(22)13-9-5-6-10-15(13)20/h2-10,14,16,18H,11H2,1H3,(H,21,22). The second-order valence-corrected chi connectivity index (χ2v) is 7.36. The maximum atomic E-state index is 12.6. The number of esters is 1. The Balaban J connectivity index is 1.82. The molecule has 1 aliphatic heterocycles. The van der Waals surface area contributed by atoms with Crippen molar-refractivity contribution in [3.63, 3.8) is 0 Å². The third-order valence-corrected chi connectivity index (χ3v) is 5.96. The van der Waals surface area contributed by atoms with E-state index in [1.807, 2.05) is 30.3 Å². The summed E-state index contributed by atoms with van der Waals surface area (Å²) in [6.45, 7) is 0. The monoisotopic (exact) mass is 375 g/mol. The topological polar surface area (TPSA) is 55.4 Å². The van der Waals surface area contributed by atoms with Crippen molar-refractivity contribution in [2.75, 3.05) is 12.9 Å². The average Bonchev–Trinajstić information content (AvgIpc) is 3.05. The predicted molar refractivity (Wildman–Crippen MR) is 99.9 cm³/mol. The fourth-order valence-corrected chi connectivity index (χ4v) is 4.77. The first-order chi connectivity index (χ1) is 12.1. The summed E-state index contributed by atoms with van der Waals surface area (Å²) in [6, 6.07) is 16.7. The van der Waals surface area contributed by atoms with Gasteiger partial charge in [0.05, 0.1) is 29.0 Å². The molecular weight excluding hydrogens is 358 g/mol. The van der Waals surface area contributed by atoms with E-state index in [1.165, 1.54) is 7.11 Å². The highest BCUT2D eigenvalue weighted by atomic mass is 35.5. The van der Waals surface area contributed by atoms with Crippen molar-refractivity contribution in [1.29, 1.82) is 0 Å². The van der Waals surface area contributed by atoms with E-state index < -0.39 is 5.92 Å². The Hall–Kier alpha value is -1.98. The van der Waals surface area contributed by atoms with Crippen LogP contribution in [0.3, 0.4) is 0 Å². The van der Waals surface area contributed by atoms with Crippen molar-refractivity contribution >= 4 is 35.2 Å². The second-order valence-electron chi connectivity index (χ2n) is 5.77. The van der Waals surface area contributed by atoms with Crippen molar-refractivity contribution in [3.8, 4) is 0 Å². The number of thioether (sulfide) groups is 1. The van der Waals surface area contributed by atoms with Crippen LogP contribution in [-0.2, 0) is 9.53 Å². The molecule has 0 bridgehead atoms. The Kier molecular flexibility index (Phi) is 5.66. The van der Waals surface area contributed by atoms with Crippen LogP contribution < -0.4 is 5.32 Å². The fraction of sp³-hybridized carbons (Fsp3) is 0.263. The zero-order valence-corrected chi connectivity index (χ0v) is 15.2. The number of methoxy groups -OCH3 is 1. The lowest BCUT2D eigenvalue weighted by Crippen LogP contribution is -2.40. The number of carbonyl (C=O) groups excluding carboxylic acids is 2. The minimum Gasteiger partial charge on any atom is -0.469 e. The summed E-state index contributed by atoms with van der Waals surface area (Å²) >= 11 is 7.65. The number of benzene rings is 2. The van der Waals surface area contributed by atoms with Crippen molar-refractivity contribution in [1.82, 2.24) is 5.32 Å². The summed E-state index contributed by atoms with van der Waals surface area (Å²) in [5.74, 6) is -0.315. The van der Waals surface area contributed by atoms with Gasteiger partial charge in [0.25, 0.3) is 5.91 Å². The van der Waals surface area contributed by atoms with E-state index in [-0.39, 0.29) is 23.2 Å². The summed E-state index contributed by atoms with van der Waals surface area (Å²) in [5.41, 5.74) is 1.47. The highest BCUT2D eigenvalue weighted by molar-refractivity contribution is 8.00. The summed E-state index contributed by atoms with van der Waals surface area (Å²) < 4.78 is 5.00. The van der Waals surface area contributed by atoms with Gasteiger partial charge in [-0.25, -0.2) is 0 Å². The first-order valence-electron chi connectivity index (χ1n) is 7.91. The Bertz CT molecular complexity index is 768. The fourth-order valence-electron chi connectivity index (χ4n) is 3.04. The Labute approximate surface area is 155 Å². The molecule has 6 heteroatoms.